The third-order valence-electron chi connectivity index (χ3n) is 2.34. The molecule has 1 aliphatic rings. The number of hydrogen-bond donors (Lipinski definition) is 0. The van der Waals surface area contributed by atoms with E-state index in [0.717, 1.165) is 19.4 Å². The number of aromatic nitrogens is 2. The third-order valence-corrected chi connectivity index (χ3v) is 4.24. The highest BCUT2D eigenvalue weighted by Gasteiger charge is 2.18. The SMILES string of the molecule is O=c1c(Br)c(Br)cnn1CC1CCCO1. The quantitative estimate of drug-likeness (QED) is 0.828. The molecule has 6 heteroatoms. The molecule has 1 aliphatic heterocycles. The van der Waals surface area contributed by atoms with Crippen molar-refractivity contribution in [3.63, 3.8) is 0 Å². The summed E-state index contributed by atoms with van der Waals surface area (Å²) in [4.78, 5) is 11.7. The van der Waals surface area contributed by atoms with E-state index < -0.39 is 0 Å². The summed E-state index contributed by atoms with van der Waals surface area (Å²) < 4.78 is 8.08. The van der Waals surface area contributed by atoms with E-state index in [1.165, 1.54) is 4.68 Å². The van der Waals surface area contributed by atoms with E-state index in [-0.39, 0.29) is 11.7 Å². The molecular formula is C9H10Br2N2O2. The summed E-state index contributed by atoms with van der Waals surface area (Å²) in [6, 6.07) is 0. The van der Waals surface area contributed by atoms with Gasteiger partial charge in [-0.2, -0.15) is 5.10 Å². The van der Waals surface area contributed by atoms with E-state index in [1.807, 2.05) is 0 Å². The molecule has 0 bridgehead atoms. The smallest absolute Gasteiger partial charge is 0.282 e. The van der Waals surface area contributed by atoms with Crippen molar-refractivity contribution in [2.75, 3.05) is 6.61 Å². The predicted molar refractivity (Wildman–Crippen MR) is 62.9 cm³/mol. The number of halogens is 2. The lowest BCUT2D eigenvalue weighted by Crippen LogP contribution is -2.29. The molecule has 1 atom stereocenters. The maximum Gasteiger partial charge on any atom is 0.282 e. The normalized spacial score (nSPS) is 20.8. The summed E-state index contributed by atoms with van der Waals surface area (Å²) >= 11 is 6.46. The fraction of sp³-hybridized carbons (Fsp3) is 0.556. The van der Waals surface area contributed by atoms with Gasteiger partial charge in [-0.25, -0.2) is 4.68 Å². The molecular weight excluding hydrogens is 328 g/mol. The lowest BCUT2D eigenvalue weighted by Gasteiger charge is -2.10. The lowest BCUT2D eigenvalue weighted by atomic mass is 10.2. The molecule has 0 amide bonds. The van der Waals surface area contributed by atoms with Gasteiger partial charge in [-0.15, -0.1) is 0 Å². The topological polar surface area (TPSA) is 44.1 Å². The van der Waals surface area contributed by atoms with Gasteiger partial charge in [-0.3, -0.25) is 4.79 Å². The Hall–Kier alpha value is -0.200. The van der Waals surface area contributed by atoms with Gasteiger partial charge in [0, 0.05) is 6.61 Å². The minimum Gasteiger partial charge on any atom is -0.376 e. The second-order valence-electron chi connectivity index (χ2n) is 3.43. The van der Waals surface area contributed by atoms with E-state index >= 15 is 0 Å². The monoisotopic (exact) mass is 336 g/mol. The summed E-state index contributed by atoms with van der Waals surface area (Å²) in [7, 11) is 0. The van der Waals surface area contributed by atoms with Crippen LogP contribution in [0.5, 0.6) is 0 Å². The molecule has 82 valence electrons. The molecule has 0 N–H and O–H groups in total. The van der Waals surface area contributed by atoms with Crippen molar-refractivity contribution in [2.45, 2.75) is 25.5 Å². The van der Waals surface area contributed by atoms with E-state index in [4.69, 9.17) is 4.74 Å². The van der Waals surface area contributed by atoms with Gasteiger partial charge in [0.25, 0.3) is 5.56 Å². The van der Waals surface area contributed by atoms with Gasteiger partial charge < -0.3 is 4.74 Å². The van der Waals surface area contributed by atoms with Crippen molar-refractivity contribution in [1.82, 2.24) is 9.78 Å². The average molecular weight is 338 g/mol. The Morgan fingerprint density at radius 1 is 1.60 bits per heavy atom. The Labute approximate surface area is 104 Å². The van der Waals surface area contributed by atoms with Crippen LogP contribution in [0, 0.1) is 0 Å². The van der Waals surface area contributed by atoms with E-state index in [1.54, 1.807) is 6.20 Å². The molecule has 0 spiro atoms. The van der Waals surface area contributed by atoms with Gasteiger partial charge in [0.05, 0.1) is 23.3 Å². The second kappa shape index (κ2) is 4.76. The van der Waals surface area contributed by atoms with E-state index in [0.29, 0.717) is 15.5 Å². The zero-order valence-electron chi connectivity index (χ0n) is 7.95. The van der Waals surface area contributed by atoms with Crippen LogP contribution in [0.25, 0.3) is 0 Å². The fourth-order valence-corrected chi connectivity index (χ4v) is 2.12. The molecule has 0 aromatic carbocycles. The molecule has 1 unspecified atom stereocenters. The Morgan fingerprint density at radius 2 is 2.40 bits per heavy atom. The van der Waals surface area contributed by atoms with Gasteiger partial charge in [0.15, 0.2) is 0 Å². The van der Waals surface area contributed by atoms with Crippen molar-refractivity contribution in [2.24, 2.45) is 0 Å². The molecule has 0 saturated carbocycles. The van der Waals surface area contributed by atoms with Gasteiger partial charge in [0.1, 0.15) is 4.47 Å². The maximum absolute atomic E-state index is 11.7. The van der Waals surface area contributed by atoms with Crippen LogP contribution >= 0.6 is 31.9 Å². The van der Waals surface area contributed by atoms with E-state index in [9.17, 15) is 4.79 Å². The highest BCUT2D eigenvalue weighted by atomic mass is 79.9. The van der Waals surface area contributed by atoms with Crippen molar-refractivity contribution >= 4 is 31.9 Å². The highest BCUT2D eigenvalue weighted by molar-refractivity contribution is 9.13. The van der Waals surface area contributed by atoms with Gasteiger partial charge in [-0.1, -0.05) is 0 Å². The summed E-state index contributed by atoms with van der Waals surface area (Å²) in [5, 5.41) is 4.05. The molecule has 1 aromatic rings. The summed E-state index contributed by atoms with van der Waals surface area (Å²) in [5.74, 6) is 0. The van der Waals surface area contributed by atoms with Crippen LogP contribution in [-0.4, -0.2) is 22.5 Å². The van der Waals surface area contributed by atoms with Crippen molar-refractivity contribution in [3.8, 4) is 0 Å². The average Bonchev–Trinajstić information content (AvgIpc) is 2.72. The summed E-state index contributed by atoms with van der Waals surface area (Å²) in [6.45, 7) is 1.32. The van der Waals surface area contributed by atoms with Crippen LogP contribution in [0.2, 0.25) is 0 Å². The molecule has 1 fully saturated rings. The highest BCUT2D eigenvalue weighted by Crippen LogP contribution is 2.17. The largest absolute Gasteiger partial charge is 0.376 e. The Balaban J connectivity index is 2.21. The van der Waals surface area contributed by atoms with Crippen LogP contribution in [0.3, 0.4) is 0 Å². The van der Waals surface area contributed by atoms with E-state index in [2.05, 4.69) is 37.0 Å². The van der Waals surface area contributed by atoms with Gasteiger partial charge in [0.2, 0.25) is 0 Å². The van der Waals surface area contributed by atoms with Crippen LogP contribution in [0.4, 0.5) is 0 Å². The van der Waals surface area contributed by atoms with Crippen molar-refractivity contribution < 1.29 is 4.74 Å². The summed E-state index contributed by atoms with van der Waals surface area (Å²) in [6.07, 6.45) is 3.81. The zero-order valence-corrected chi connectivity index (χ0v) is 11.1. The first kappa shape index (κ1) is 11.3. The molecule has 2 rings (SSSR count). The first-order valence-electron chi connectivity index (χ1n) is 4.71. The standard InChI is InChI=1S/C9H10Br2N2O2/c10-7-4-12-13(9(14)8(7)11)5-6-2-1-3-15-6/h4,6H,1-3,5H2. The van der Waals surface area contributed by atoms with Crippen LogP contribution < -0.4 is 5.56 Å². The molecule has 4 nitrogen and oxygen atoms in total. The number of nitrogens with zero attached hydrogens (tertiary/aromatic N) is 2. The predicted octanol–water partition coefficient (Wildman–Crippen LogP) is 1.95. The molecule has 0 aliphatic carbocycles. The van der Waals surface area contributed by atoms with Crippen molar-refractivity contribution in [3.05, 3.63) is 25.5 Å². The van der Waals surface area contributed by atoms with Gasteiger partial charge in [-0.05, 0) is 44.7 Å². The zero-order chi connectivity index (χ0) is 10.8. The Morgan fingerprint density at radius 3 is 3.07 bits per heavy atom. The molecule has 0 radical (unpaired) electrons. The van der Waals surface area contributed by atoms with Gasteiger partial charge >= 0.3 is 0 Å². The fourth-order valence-electron chi connectivity index (χ4n) is 1.56. The minimum absolute atomic E-state index is 0.125. The molecule has 1 saturated heterocycles. The lowest BCUT2D eigenvalue weighted by molar-refractivity contribution is 0.0925. The number of hydrogen-bond acceptors (Lipinski definition) is 3. The molecule has 15 heavy (non-hydrogen) atoms. The maximum atomic E-state index is 11.7. The number of ether oxygens (including phenoxy) is 1. The molecule has 2 heterocycles. The first-order chi connectivity index (χ1) is 7.18. The Kier molecular flexibility index (Phi) is 3.58. The Bertz CT molecular complexity index is 413. The minimum atomic E-state index is -0.125. The first-order valence-corrected chi connectivity index (χ1v) is 6.30. The third kappa shape index (κ3) is 2.49. The van der Waals surface area contributed by atoms with Crippen LogP contribution in [0.15, 0.2) is 19.9 Å². The molecule has 1 aromatic heterocycles. The van der Waals surface area contributed by atoms with Crippen molar-refractivity contribution in [1.29, 1.82) is 0 Å². The summed E-state index contributed by atoms with van der Waals surface area (Å²) in [5.41, 5.74) is -0.125. The van der Waals surface area contributed by atoms with Crippen LogP contribution in [0.1, 0.15) is 12.8 Å². The van der Waals surface area contributed by atoms with Crippen LogP contribution in [-0.2, 0) is 11.3 Å². The second-order valence-corrected chi connectivity index (χ2v) is 5.08. The number of rotatable bonds is 2.